The van der Waals surface area contributed by atoms with Crippen LogP contribution in [0.1, 0.15) is 32.3 Å². The first-order valence-electron chi connectivity index (χ1n) is 5.71. The number of hydrogen-bond acceptors (Lipinski definition) is 2. The summed E-state index contributed by atoms with van der Waals surface area (Å²) in [5.41, 5.74) is 1.13. The Labute approximate surface area is 103 Å². The maximum absolute atomic E-state index is 9.17. The van der Waals surface area contributed by atoms with Crippen molar-refractivity contribution in [3.05, 3.63) is 35.9 Å². The summed E-state index contributed by atoms with van der Waals surface area (Å²) >= 11 is 1.89. The van der Waals surface area contributed by atoms with Crippen molar-refractivity contribution in [2.75, 3.05) is 5.75 Å². The van der Waals surface area contributed by atoms with Gasteiger partial charge < -0.3 is 0 Å². The lowest BCUT2D eigenvalue weighted by molar-refractivity contribution is 0.641. The van der Waals surface area contributed by atoms with Crippen LogP contribution >= 0.6 is 11.8 Å². The van der Waals surface area contributed by atoms with E-state index in [1.54, 1.807) is 0 Å². The quantitative estimate of drug-likeness (QED) is 0.765. The predicted octanol–water partition coefficient (Wildman–Crippen LogP) is 4.07. The van der Waals surface area contributed by atoms with Gasteiger partial charge in [-0.05, 0) is 11.5 Å². The molecule has 0 heterocycles. The van der Waals surface area contributed by atoms with Gasteiger partial charge in [-0.15, -0.1) is 0 Å². The third-order valence-electron chi connectivity index (χ3n) is 2.82. The molecule has 0 saturated carbocycles. The molecule has 0 spiro atoms. The van der Waals surface area contributed by atoms with Crippen LogP contribution in [0.4, 0.5) is 0 Å². The van der Waals surface area contributed by atoms with Gasteiger partial charge in [0.25, 0.3) is 0 Å². The van der Waals surface area contributed by atoms with Crippen molar-refractivity contribution in [2.24, 2.45) is 5.92 Å². The van der Waals surface area contributed by atoms with Crippen LogP contribution in [0.25, 0.3) is 0 Å². The minimum atomic E-state index is 0.0207. The van der Waals surface area contributed by atoms with Gasteiger partial charge in [0.15, 0.2) is 0 Å². The van der Waals surface area contributed by atoms with E-state index in [0.717, 1.165) is 11.3 Å². The fourth-order valence-corrected chi connectivity index (χ4v) is 2.48. The number of thioether (sulfide) groups is 1. The van der Waals surface area contributed by atoms with Gasteiger partial charge >= 0.3 is 0 Å². The third-order valence-corrected chi connectivity index (χ3v) is 4.42. The van der Waals surface area contributed by atoms with E-state index in [0.29, 0.717) is 11.2 Å². The van der Waals surface area contributed by atoms with E-state index in [2.05, 4.69) is 26.8 Å². The Morgan fingerprint density at radius 1 is 1.19 bits per heavy atom. The molecule has 86 valence electrons. The highest BCUT2D eigenvalue weighted by Gasteiger charge is 2.14. The maximum Gasteiger partial charge on any atom is 0.0803 e. The summed E-state index contributed by atoms with van der Waals surface area (Å²) in [6.07, 6.45) is 0. The summed E-state index contributed by atoms with van der Waals surface area (Å²) < 4.78 is 0. The average Bonchev–Trinajstić information content (AvgIpc) is 2.30. The van der Waals surface area contributed by atoms with Crippen molar-refractivity contribution in [1.82, 2.24) is 0 Å². The van der Waals surface area contributed by atoms with Crippen LogP contribution in [-0.4, -0.2) is 11.0 Å². The summed E-state index contributed by atoms with van der Waals surface area (Å²) in [7, 11) is 0. The van der Waals surface area contributed by atoms with E-state index >= 15 is 0 Å². The molecule has 0 aromatic heterocycles. The minimum Gasteiger partial charge on any atom is -0.198 e. The first-order chi connectivity index (χ1) is 7.65. The zero-order valence-electron chi connectivity index (χ0n) is 10.2. The molecule has 0 aliphatic rings. The Morgan fingerprint density at radius 2 is 1.81 bits per heavy atom. The first-order valence-corrected chi connectivity index (χ1v) is 6.76. The molecule has 16 heavy (non-hydrogen) atoms. The smallest absolute Gasteiger partial charge is 0.0803 e. The maximum atomic E-state index is 9.17. The van der Waals surface area contributed by atoms with Gasteiger partial charge in [-0.25, -0.2) is 0 Å². The van der Waals surface area contributed by atoms with Crippen LogP contribution in [0, 0.1) is 17.2 Å². The summed E-state index contributed by atoms with van der Waals surface area (Å²) in [6, 6.07) is 12.4. The predicted molar refractivity (Wildman–Crippen MR) is 71.6 cm³/mol. The molecule has 0 fully saturated rings. The number of benzene rings is 1. The van der Waals surface area contributed by atoms with Gasteiger partial charge in [0.1, 0.15) is 0 Å². The van der Waals surface area contributed by atoms with Gasteiger partial charge in [0.05, 0.1) is 12.0 Å². The number of rotatable bonds is 5. The molecule has 0 amide bonds. The van der Waals surface area contributed by atoms with Crippen molar-refractivity contribution < 1.29 is 0 Å². The first kappa shape index (κ1) is 13.1. The molecule has 0 radical (unpaired) electrons. The second-order valence-corrected chi connectivity index (χ2v) is 5.79. The molecule has 2 atom stereocenters. The van der Waals surface area contributed by atoms with Crippen molar-refractivity contribution in [3.63, 3.8) is 0 Å². The second-order valence-electron chi connectivity index (χ2n) is 4.37. The largest absolute Gasteiger partial charge is 0.198 e. The van der Waals surface area contributed by atoms with Crippen LogP contribution in [0.15, 0.2) is 30.3 Å². The van der Waals surface area contributed by atoms with Crippen molar-refractivity contribution in [2.45, 2.75) is 31.9 Å². The highest BCUT2D eigenvalue weighted by molar-refractivity contribution is 7.99. The summed E-state index contributed by atoms with van der Waals surface area (Å²) in [5.74, 6) is 1.58. The lowest BCUT2D eigenvalue weighted by atomic mass is 10.0. The van der Waals surface area contributed by atoms with Gasteiger partial charge in [0.2, 0.25) is 0 Å². The van der Waals surface area contributed by atoms with Crippen molar-refractivity contribution in [3.8, 4) is 6.07 Å². The molecule has 1 aromatic carbocycles. The van der Waals surface area contributed by atoms with Gasteiger partial charge in [-0.2, -0.15) is 17.0 Å². The van der Waals surface area contributed by atoms with Crippen molar-refractivity contribution >= 4 is 11.8 Å². The molecule has 0 N–H and O–H groups in total. The molecule has 0 aliphatic heterocycles. The molecule has 0 bridgehead atoms. The van der Waals surface area contributed by atoms with E-state index in [1.165, 1.54) is 0 Å². The molecule has 0 saturated heterocycles. The fraction of sp³-hybridized carbons (Fsp3) is 0.500. The topological polar surface area (TPSA) is 23.8 Å². The number of hydrogen-bond donors (Lipinski definition) is 0. The van der Waals surface area contributed by atoms with Gasteiger partial charge in [-0.3, -0.25) is 0 Å². The number of nitriles is 1. The SMILES string of the molecule is CC(C)C(C)SCC(C#N)c1ccccc1. The van der Waals surface area contributed by atoms with Crippen LogP contribution in [-0.2, 0) is 0 Å². The molecular formula is C14H19NS. The monoisotopic (exact) mass is 233 g/mol. The second kappa shape index (κ2) is 6.60. The van der Waals surface area contributed by atoms with E-state index in [9.17, 15) is 0 Å². The van der Waals surface area contributed by atoms with Crippen LogP contribution in [0.5, 0.6) is 0 Å². The molecule has 1 rings (SSSR count). The zero-order valence-corrected chi connectivity index (χ0v) is 11.0. The van der Waals surface area contributed by atoms with Crippen molar-refractivity contribution in [1.29, 1.82) is 5.26 Å². The Morgan fingerprint density at radius 3 is 2.31 bits per heavy atom. The summed E-state index contributed by atoms with van der Waals surface area (Å²) in [5, 5.41) is 9.78. The highest BCUT2D eigenvalue weighted by Crippen LogP contribution is 2.25. The summed E-state index contributed by atoms with van der Waals surface area (Å²) in [4.78, 5) is 0. The normalized spacial score (nSPS) is 14.4. The van der Waals surface area contributed by atoms with Crippen LogP contribution in [0.2, 0.25) is 0 Å². The molecule has 2 unspecified atom stereocenters. The Hall–Kier alpha value is -0.940. The Bertz CT molecular complexity index is 340. The van der Waals surface area contributed by atoms with Gasteiger partial charge in [-0.1, -0.05) is 51.1 Å². The van der Waals surface area contributed by atoms with Crippen LogP contribution in [0.3, 0.4) is 0 Å². The minimum absolute atomic E-state index is 0.0207. The molecule has 0 aliphatic carbocycles. The van der Waals surface area contributed by atoms with Gasteiger partial charge in [0, 0.05) is 11.0 Å². The van der Waals surface area contributed by atoms with Crippen LogP contribution < -0.4 is 0 Å². The zero-order chi connectivity index (χ0) is 12.0. The molecule has 2 heteroatoms. The lowest BCUT2D eigenvalue weighted by Gasteiger charge is -2.17. The standard InChI is InChI=1S/C14H19NS/c1-11(2)12(3)16-10-14(9-15)13-7-5-4-6-8-13/h4-8,11-12,14H,10H2,1-3H3. The highest BCUT2D eigenvalue weighted by atomic mass is 32.2. The summed E-state index contributed by atoms with van der Waals surface area (Å²) in [6.45, 7) is 6.68. The molecule has 1 aromatic rings. The lowest BCUT2D eigenvalue weighted by Crippen LogP contribution is -2.09. The van der Waals surface area contributed by atoms with E-state index in [1.807, 2.05) is 42.1 Å². The molecular weight excluding hydrogens is 214 g/mol. The number of nitrogens with zero attached hydrogens (tertiary/aromatic N) is 1. The Balaban J connectivity index is 2.55. The van der Waals surface area contributed by atoms with E-state index < -0.39 is 0 Å². The molecule has 1 nitrogen and oxygen atoms in total. The fourth-order valence-electron chi connectivity index (χ4n) is 1.33. The van der Waals surface area contributed by atoms with E-state index in [-0.39, 0.29) is 5.92 Å². The van der Waals surface area contributed by atoms with E-state index in [4.69, 9.17) is 5.26 Å². The average molecular weight is 233 g/mol. The Kier molecular flexibility index (Phi) is 5.42. The third kappa shape index (κ3) is 3.90.